The number of hydrogen-bond acceptors (Lipinski definition) is 2. The van der Waals surface area contributed by atoms with E-state index in [1.165, 1.54) is 6.92 Å². The van der Waals surface area contributed by atoms with E-state index in [9.17, 15) is 0 Å². The van der Waals surface area contributed by atoms with E-state index in [2.05, 4.69) is 0 Å². The van der Waals surface area contributed by atoms with Crippen LogP contribution in [0.3, 0.4) is 0 Å². The van der Waals surface area contributed by atoms with Gasteiger partial charge in [0.15, 0.2) is 0 Å². The first-order valence-corrected chi connectivity index (χ1v) is 4.30. The Hall–Kier alpha value is 0.0300. The summed E-state index contributed by atoms with van der Waals surface area (Å²) in [6, 6.07) is 1.75. The molecule has 0 aromatic carbocycles. The molecule has 1 aliphatic rings. The molecule has 1 atom stereocenters. The molecule has 1 unspecified atom stereocenters. The second kappa shape index (κ2) is 6.72. The zero-order valence-corrected chi connectivity index (χ0v) is 7.90. The third kappa shape index (κ3) is 5.32. The molecule has 0 radical (unpaired) electrons. The third-order valence-corrected chi connectivity index (χ3v) is 1.81. The molecular formula is C7H11Cl2NO. The average Bonchev–Trinajstić information content (AvgIpc) is 2.38. The highest BCUT2D eigenvalue weighted by Gasteiger charge is 2.21. The lowest BCUT2D eigenvalue weighted by atomic mass is 10.3. The van der Waals surface area contributed by atoms with E-state index < -0.39 is 0 Å². The summed E-state index contributed by atoms with van der Waals surface area (Å²) in [5, 5.41) is 7.32. The molecule has 1 aliphatic heterocycles. The number of rotatable bonds is 1. The summed E-state index contributed by atoms with van der Waals surface area (Å²) in [6.07, 6.45) is 2.21. The highest BCUT2D eigenvalue weighted by atomic mass is 35.5. The van der Waals surface area contributed by atoms with Crippen LogP contribution in [-0.2, 0) is 4.74 Å². The van der Waals surface area contributed by atoms with Crippen molar-refractivity contribution in [2.45, 2.75) is 30.7 Å². The smallest absolute Gasteiger partial charge is 0.133 e. The molecule has 0 bridgehead atoms. The Bertz CT molecular complexity index is 127. The van der Waals surface area contributed by atoms with Gasteiger partial charge in [-0.15, -0.1) is 23.2 Å². The zero-order valence-electron chi connectivity index (χ0n) is 6.39. The quantitative estimate of drug-likeness (QED) is 0.603. The van der Waals surface area contributed by atoms with Crippen LogP contribution in [0, 0.1) is 11.3 Å². The minimum absolute atomic E-state index is 0.0957. The maximum absolute atomic E-state index is 7.32. The number of nitriles is 1. The van der Waals surface area contributed by atoms with Crippen molar-refractivity contribution in [3.05, 3.63) is 0 Å². The first-order chi connectivity index (χ1) is 5.22. The van der Waals surface area contributed by atoms with Crippen molar-refractivity contribution in [3.63, 3.8) is 0 Å². The second-order valence-electron chi connectivity index (χ2n) is 2.11. The van der Waals surface area contributed by atoms with Gasteiger partial charge in [0.1, 0.15) is 4.84 Å². The molecule has 2 nitrogen and oxygen atoms in total. The normalized spacial score (nSPS) is 22.3. The lowest BCUT2D eigenvalue weighted by Crippen LogP contribution is -2.13. The van der Waals surface area contributed by atoms with E-state index in [-0.39, 0.29) is 10.9 Å². The fraction of sp³-hybridized carbons (Fsp3) is 0.857. The Morgan fingerprint density at radius 2 is 2.18 bits per heavy atom. The van der Waals surface area contributed by atoms with Crippen molar-refractivity contribution >= 4 is 23.2 Å². The summed E-state index contributed by atoms with van der Waals surface area (Å²) in [5.41, 5.74) is 0. The van der Waals surface area contributed by atoms with Gasteiger partial charge < -0.3 is 4.74 Å². The largest absolute Gasteiger partial charge is 0.375 e. The molecule has 0 aromatic heterocycles. The lowest BCUT2D eigenvalue weighted by Gasteiger charge is -2.07. The maximum Gasteiger partial charge on any atom is 0.133 e. The van der Waals surface area contributed by atoms with E-state index in [0.717, 1.165) is 19.4 Å². The van der Waals surface area contributed by atoms with Gasteiger partial charge in [0.25, 0.3) is 0 Å². The monoisotopic (exact) mass is 195 g/mol. The van der Waals surface area contributed by atoms with Crippen molar-refractivity contribution in [1.29, 1.82) is 5.26 Å². The van der Waals surface area contributed by atoms with Crippen LogP contribution in [0.5, 0.6) is 0 Å². The zero-order chi connectivity index (χ0) is 8.69. The summed E-state index contributed by atoms with van der Waals surface area (Å²) < 4.78 is 5.15. The number of nitrogens with zero attached hydrogens (tertiary/aromatic N) is 1. The fourth-order valence-corrected chi connectivity index (χ4v) is 1.20. The van der Waals surface area contributed by atoms with Crippen molar-refractivity contribution in [2.24, 2.45) is 0 Å². The first kappa shape index (κ1) is 11.0. The fourth-order valence-electron chi connectivity index (χ4n) is 0.801. The van der Waals surface area contributed by atoms with Gasteiger partial charge >= 0.3 is 0 Å². The van der Waals surface area contributed by atoms with Crippen molar-refractivity contribution in [3.8, 4) is 6.07 Å². The van der Waals surface area contributed by atoms with Crippen LogP contribution >= 0.6 is 23.2 Å². The van der Waals surface area contributed by atoms with Crippen LogP contribution in [0.1, 0.15) is 19.8 Å². The van der Waals surface area contributed by atoms with Crippen LogP contribution in [0.15, 0.2) is 0 Å². The summed E-state index contributed by atoms with van der Waals surface area (Å²) in [5.74, 6) is 0. The van der Waals surface area contributed by atoms with Gasteiger partial charge in [0.2, 0.25) is 0 Å². The summed E-state index contributed by atoms with van der Waals surface area (Å²) in [7, 11) is 0. The molecule has 1 heterocycles. The van der Waals surface area contributed by atoms with Crippen molar-refractivity contribution in [2.75, 3.05) is 6.61 Å². The molecule has 0 amide bonds. The Kier molecular flexibility index (Phi) is 6.74. The van der Waals surface area contributed by atoms with Crippen molar-refractivity contribution in [1.82, 2.24) is 0 Å². The van der Waals surface area contributed by atoms with Gasteiger partial charge in [-0.2, -0.15) is 5.26 Å². The molecule has 4 heteroatoms. The number of alkyl halides is 2. The van der Waals surface area contributed by atoms with E-state index in [4.69, 9.17) is 33.2 Å². The highest BCUT2D eigenvalue weighted by Crippen LogP contribution is 2.21. The van der Waals surface area contributed by atoms with Crippen LogP contribution in [-0.4, -0.2) is 17.5 Å². The predicted octanol–water partition coefficient (Wildman–Crippen LogP) is 2.50. The standard InChI is InChI=1S/C5H8Cl2O.C2H3N/c6-5(7)4-2-1-3-8-4;1-2-3/h4-5H,1-3H2;1H3. The number of ether oxygens (including phenoxy) is 1. The maximum atomic E-state index is 7.32. The Balaban J connectivity index is 0.000000292. The molecule has 1 fully saturated rings. The number of hydrogen-bond donors (Lipinski definition) is 0. The van der Waals surface area contributed by atoms with Crippen LogP contribution in [0.4, 0.5) is 0 Å². The Morgan fingerprint density at radius 1 is 1.64 bits per heavy atom. The average molecular weight is 196 g/mol. The summed E-state index contributed by atoms with van der Waals surface area (Å²) in [6.45, 7) is 2.25. The molecule has 0 N–H and O–H groups in total. The molecular weight excluding hydrogens is 185 g/mol. The Morgan fingerprint density at radius 3 is 2.36 bits per heavy atom. The molecule has 0 spiro atoms. The molecule has 64 valence electrons. The van der Waals surface area contributed by atoms with E-state index in [0.29, 0.717) is 0 Å². The van der Waals surface area contributed by atoms with Crippen LogP contribution in [0.2, 0.25) is 0 Å². The van der Waals surface area contributed by atoms with Crippen LogP contribution in [0.25, 0.3) is 0 Å². The predicted molar refractivity (Wildman–Crippen MR) is 45.8 cm³/mol. The topological polar surface area (TPSA) is 33.0 Å². The highest BCUT2D eigenvalue weighted by molar-refractivity contribution is 6.44. The molecule has 0 aliphatic carbocycles. The van der Waals surface area contributed by atoms with Gasteiger partial charge in [0, 0.05) is 13.5 Å². The molecule has 1 saturated heterocycles. The first-order valence-electron chi connectivity index (χ1n) is 3.43. The van der Waals surface area contributed by atoms with Gasteiger partial charge in [-0.1, -0.05) is 0 Å². The van der Waals surface area contributed by atoms with Crippen LogP contribution < -0.4 is 0 Å². The minimum atomic E-state index is -0.336. The molecule has 1 rings (SSSR count). The van der Waals surface area contributed by atoms with Gasteiger partial charge in [-0.05, 0) is 12.8 Å². The SMILES string of the molecule is CC#N.ClC(Cl)C1CCCO1. The molecule has 0 aromatic rings. The molecule has 0 saturated carbocycles. The van der Waals surface area contributed by atoms with Gasteiger partial charge in [-0.3, -0.25) is 0 Å². The third-order valence-electron chi connectivity index (χ3n) is 1.25. The van der Waals surface area contributed by atoms with E-state index >= 15 is 0 Å². The summed E-state index contributed by atoms with van der Waals surface area (Å²) >= 11 is 11.0. The summed E-state index contributed by atoms with van der Waals surface area (Å²) in [4.78, 5) is -0.336. The van der Waals surface area contributed by atoms with Gasteiger partial charge in [-0.25, -0.2) is 0 Å². The Labute approximate surface area is 77.0 Å². The van der Waals surface area contributed by atoms with Crippen molar-refractivity contribution < 1.29 is 4.74 Å². The minimum Gasteiger partial charge on any atom is -0.375 e. The van der Waals surface area contributed by atoms with E-state index in [1.807, 2.05) is 0 Å². The second-order valence-corrected chi connectivity index (χ2v) is 3.27. The lowest BCUT2D eigenvalue weighted by molar-refractivity contribution is 0.121. The number of halogens is 2. The van der Waals surface area contributed by atoms with Gasteiger partial charge in [0.05, 0.1) is 12.2 Å². The molecule has 11 heavy (non-hydrogen) atoms. The van der Waals surface area contributed by atoms with E-state index in [1.54, 1.807) is 6.07 Å².